The number of carbonyl (C=O) groups excluding carboxylic acids is 4. The van der Waals surface area contributed by atoms with Crippen molar-refractivity contribution in [3.8, 4) is 46.0 Å². The minimum atomic E-state index is -2.07. The van der Waals surface area contributed by atoms with Gasteiger partial charge in [-0.3, -0.25) is 34.7 Å². The Morgan fingerprint density at radius 3 is 0.800 bits per heavy atom. The fraction of sp³-hybridized carbons (Fsp3) is 0.423. The molecule has 26 heteroatoms. The van der Waals surface area contributed by atoms with E-state index in [4.69, 9.17) is 46.5 Å². The second-order valence-electron chi connectivity index (χ2n) is 34.8. The van der Waals surface area contributed by atoms with Crippen LogP contribution in [0, 0.1) is 13.8 Å². The van der Waals surface area contributed by atoms with Gasteiger partial charge in [0.25, 0.3) is 0 Å². The molecule has 18 rings (SSSR count). The number of rotatable bonds is 32. The number of aryl methyl sites for hydroxylation is 4. The van der Waals surface area contributed by atoms with Crippen LogP contribution in [-0.4, -0.2) is 85.0 Å². The van der Waals surface area contributed by atoms with Gasteiger partial charge in [0.05, 0.1) is 26.4 Å². The van der Waals surface area contributed by atoms with E-state index in [9.17, 15) is 19.2 Å². The van der Waals surface area contributed by atoms with E-state index in [-0.39, 0.29) is 55.5 Å². The maximum atomic E-state index is 13.7. The van der Waals surface area contributed by atoms with Gasteiger partial charge < -0.3 is 46.5 Å². The summed E-state index contributed by atoms with van der Waals surface area (Å²) in [7, 11) is -6.74. The first-order chi connectivity index (χ1) is 63.1. The molecule has 0 saturated heterocycles. The Morgan fingerprint density at radius 1 is 0.308 bits per heavy atom. The van der Waals surface area contributed by atoms with Crippen LogP contribution in [0.3, 0.4) is 0 Å². The summed E-state index contributed by atoms with van der Waals surface area (Å²) in [5, 5.41) is 0. The Hall–Kier alpha value is -10.5. The number of ether oxygens (including phenoxy) is 6. The molecule has 0 N–H and O–H groups in total. The number of carbonyl (C=O) groups is 4. The average molecular weight is 1830 g/mol. The minimum absolute atomic E-state index is 0.171. The summed E-state index contributed by atoms with van der Waals surface area (Å²) in [4.78, 5) is 55.0. The van der Waals surface area contributed by atoms with Crippen molar-refractivity contribution in [1.29, 1.82) is 0 Å². The van der Waals surface area contributed by atoms with Crippen LogP contribution in [0.1, 0.15) is 355 Å². The van der Waals surface area contributed by atoms with E-state index in [0.717, 1.165) is 160 Å². The molecular formula is C104H124N8O14P4. The molecule has 6 aliphatic rings. The van der Waals surface area contributed by atoms with Gasteiger partial charge in [-0.2, -0.15) is 0 Å². The van der Waals surface area contributed by atoms with Gasteiger partial charge in [-0.05, 0) is 213 Å². The first-order valence-corrected chi connectivity index (χ1v) is 52.0. The highest BCUT2D eigenvalue weighted by Gasteiger charge is 2.51. The Balaban J connectivity index is 0.000000184. The lowest BCUT2D eigenvalue weighted by Crippen LogP contribution is -2.32. The molecule has 12 aromatic rings. The Morgan fingerprint density at radius 2 is 0.554 bits per heavy atom. The van der Waals surface area contributed by atoms with Crippen molar-refractivity contribution in [2.45, 2.75) is 262 Å². The number of aromatic nitrogens is 8. The first kappa shape index (κ1) is 91.4. The molecule has 0 bridgehead atoms. The molecule has 0 amide bonds. The van der Waals surface area contributed by atoms with Gasteiger partial charge in [0.1, 0.15) is 22.8 Å². The molecule has 0 fully saturated rings. The number of esters is 4. The van der Waals surface area contributed by atoms with E-state index in [2.05, 4.69) is 185 Å². The number of para-hydroxylation sites is 4. The van der Waals surface area contributed by atoms with E-state index in [1.54, 1.807) is 52.0 Å². The van der Waals surface area contributed by atoms with Crippen molar-refractivity contribution in [3.63, 3.8) is 0 Å². The Labute approximate surface area is 769 Å². The zero-order chi connectivity index (χ0) is 91.5. The van der Waals surface area contributed by atoms with Crippen LogP contribution < -0.4 is 27.6 Å². The number of fused-ring (bicyclic) bond motifs is 12. The molecule has 4 unspecified atom stereocenters. The Bertz CT molecular complexity index is 5760. The van der Waals surface area contributed by atoms with Gasteiger partial charge in [0.15, 0.2) is 46.0 Å². The fourth-order valence-corrected chi connectivity index (χ4v) is 30.1. The highest BCUT2D eigenvalue weighted by atomic mass is 31.2. The molecule has 130 heavy (non-hydrogen) atoms. The zero-order valence-corrected chi connectivity index (χ0v) is 82.1. The van der Waals surface area contributed by atoms with Crippen LogP contribution in [0.5, 0.6) is 46.0 Å². The van der Waals surface area contributed by atoms with E-state index >= 15 is 0 Å². The lowest BCUT2D eigenvalue weighted by atomic mass is 9.66. The smallest absolute Gasteiger partial charge is 0.355 e. The van der Waals surface area contributed by atoms with Crippen molar-refractivity contribution < 1.29 is 65.7 Å². The van der Waals surface area contributed by atoms with E-state index in [1.165, 1.54) is 67.8 Å². The second kappa shape index (κ2) is 38.0. The summed E-state index contributed by atoms with van der Waals surface area (Å²) in [6.45, 7) is 39.1. The van der Waals surface area contributed by atoms with Crippen LogP contribution in [0.25, 0.3) is 0 Å². The molecule has 684 valence electrons. The van der Waals surface area contributed by atoms with Crippen molar-refractivity contribution in [3.05, 3.63) is 282 Å². The number of benzene rings is 4. The molecular weight excluding hydrogens is 1710 g/mol. The second-order valence-corrected chi connectivity index (χ2v) is 40.8. The fourth-order valence-electron chi connectivity index (χ4n) is 20.8. The molecule has 6 aliphatic heterocycles. The van der Waals surface area contributed by atoms with Gasteiger partial charge >= 0.3 is 57.7 Å². The summed E-state index contributed by atoms with van der Waals surface area (Å²) < 4.78 is 84.5. The lowest BCUT2D eigenvalue weighted by molar-refractivity contribution is 0.0506. The summed E-state index contributed by atoms with van der Waals surface area (Å²) in [6, 6.07) is 54.0. The highest BCUT2D eigenvalue weighted by Crippen LogP contribution is 2.67. The lowest BCUT2D eigenvalue weighted by Gasteiger charge is -2.42. The van der Waals surface area contributed by atoms with Crippen LogP contribution in [0.2, 0.25) is 0 Å². The summed E-state index contributed by atoms with van der Waals surface area (Å²) in [5.41, 5.74) is 21.3. The monoisotopic (exact) mass is 1830 g/mol. The molecule has 4 atom stereocenters. The van der Waals surface area contributed by atoms with E-state index in [0.29, 0.717) is 45.8 Å². The minimum Gasteiger partial charge on any atom is -0.461 e. The number of unbranched alkanes of at least 4 members (excludes halogenated alkanes) is 4. The maximum Gasteiger partial charge on any atom is 0.355 e. The van der Waals surface area contributed by atoms with Crippen molar-refractivity contribution >= 4 is 57.7 Å². The molecule has 0 spiro atoms. The molecule has 22 nitrogen and oxygen atoms in total. The predicted molar refractivity (Wildman–Crippen MR) is 515 cm³/mol. The van der Waals surface area contributed by atoms with Gasteiger partial charge in [-0.15, -0.1) is 0 Å². The number of hydrogen-bond acceptors (Lipinski definition) is 14. The van der Waals surface area contributed by atoms with Crippen LogP contribution in [-0.2, 0) is 55.5 Å². The van der Waals surface area contributed by atoms with E-state index < -0.39 is 63.1 Å². The Kier molecular flexibility index (Phi) is 26.7. The molecule has 0 radical (unpaired) electrons. The third-order valence-corrected chi connectivity index (χ3v) is 35.2. The SMILES string of the molecule is CCCCC1(CCCC)c2cccc(OP3n4c(C(=O)OCC)ccc4C(C)c4ccc(C(=O)OCC)n43)c2Oc2c(OP3n4c(C(=O)OCC)ccc4C(C)c4ccc(C(=O)OCC)n43)cccc21.CCCCC1(CCCC)c2cccc(OP3n4c(CC)ccc4C(C)c4cc(C)c(CC)n43)c2Oc2c(OP3n4c(CC)ccc4C(C)c4cc(C)c(CC)n43)cccc21. The van der Waals surface area contributed by atoms with Crippen molar-refractivity contribution in [2.24, 2.45) is 0 Å². The topological polar surface area (TPSA) is 200 Å². The van der Waals surface area contributed by atoms with Crippen LogP contribution in [0.4, 0.5) is 0 Å². The number of hydrogen-bond donors (Lipinski definition) is 0. The largest absolute Gasteiger partial charge is 0.461 e. The molecule has 4 aromatic carbocycles. The average Bonchev–Trinajstić information content (AvgIpc) is 1.28. The van der Waals surface area contributed by atoms with Crippen LogP contribution in [0.15, 0.2) is 158 Å². The summed E-state index contributed by atoms with van der Waals surface area (Å²) >= 11 is 0. The quantitative estimate of drug-likeness (QED) is 0.0219. The van der Waals surface area contributed by atoms with Crippen molar-refractivity contribution in [1.82, 2.24) is 34.7 Å². The molecule has 0 saturated carbocycles. The van der Waals surface area contributed by atoms with Crippen molar-refractivity contribution in [2.75, 3.05) is 26.4 Å². The predicted octanol–water partition coefficient (Wildman–Crippen LogP) is 27.6. The zero-order valence-electron chi connectivity index (χ0n) is 78.5. The summed E-state index contributed by atoms with van der Waals surface area (Å²) in [6.07, 6.45) is 15.6. The van der Waals surface area contributed by atoms with Gasteiger partial charge in [-0.25, -0.2) is 19.2 Å². The molecule has 14 heterocycles. The van der Waals surface area contributed by atoms with Gasteiger partial charge in [0, 0.05) is 125 Å². The van der Waals surface area contributed by atoms with Gasteiger partial charge in [-0.1, -0.05) is 183 Å². The third-order valence-electron chi connectivity index (χ3n) is 27.3. The molecule has 0 aliphatic carbocycles. The first-order valence-electron chi connectivity index (χ1n) is 47.4. The van der Waals surface area contributed by atoms with Gasteiger partial charge in [0.2, 0.25) is 0 Å². The van der Waals surface area contributed by atoms with Crippen LogP contribution >= 0.6 is 33.8 Å². The number of nitrogens with zero attached hydrogens (tertiary/aromatic N) is 8. The summed E-state index contributed by atoms with van der Waals surface area (Å²) in [5.74, 6) is 3.08. The third kappa shape index (κ3) is 15.2. The normalized spacial score (nSPS) is 18.6. The highest BCUT2D eigenvalue weighted by molar-refractivity contribution is 7.51. The maximum absolute atomic E-state index is 13.7. The van der Waals surface area contributed by atoms with E-state index in [1.807, 2.05) is 79.7 Å². The standard InChI is InChI=1S/C53H60N4O11P2.C51H64N4O3P2/c1-9-15-31-53(32-16-10-2)35-19-17-21-45(67-69-54-37(23-27-41(54)49(58)62-11-3)33(7)38-24-28-42(55(38)69)50(59)63-12-4)47(35)66-48-36(53)20-18-22-46(48)68-70-56-39(25-29-43(56)51(60)64-13-5)34(8)40-26-30-44(57(40)70)52(61)65-14-6;1-11-17-29-51(30-18-12-2)39-21-19-23-47(57-59-52-37(13-3)25-27-43(52)35(9)45-31-33(7)41(15-5)54(45)59)49(39)56-50-40(51)22-20-24-48(50)58-60-53-38(14-4)26-28-44(53)36(10)46-32-34(8)42(16-6)55(46)60/h17-30,33-34H,9-16,31-32H2,1-8H3;19-28,31-32,35-36H,11-18,29-30H2,1-10H3. The molecule has 8 aromatic heterocycles.